The zero-order chi connectivity index (χ0) is 19.2. The van der Waals surface area contributed by atoms with Crippen molar-refractivity contribution in [3.63, 3.8) is 0 Å². The molecular weight excluding hydrogens is 340 g/mol. The Morgan fingerprint density at radius 2 is 1.89 bits per heavy atom. The number of ether oxygens (including phenoxy) is 1. The Morgan fingerprint density at radius 3 is 2.56 bits per heavy atom. The first-order chi connectivity index (χ1) is 13.1. The van der Waals surface area contributed by atoms with E-state index in [1.165, 1.54) is 0 Å². The first-order valence-corrected chi connectivity index (χ1v) is 8.97. The lowest BCUT2D eigenvalue weighted by Gasteiger charge is -2.08. The van der Waals surface area contributed by atoms with Gasteiger partial charge in [0.1, 0.15) is 17.4 Å². The van der Waals surface area contributed by atoms with E-state index in [0.717, 1.165) is 41.5 Å². The normalized spacial score (nSPS) is 10.6. The van der Waals surface area contributed by atoms with Crippen LogP contribution in [-0.2, 0) is 6.54 Å². The lowest BCUT2D eigenvalue weighted by molar-refractivity contribution is 0.0952. The number of hydrogen-bond donors (Lipinski definition) is 1. The molecule has 2 aromatic carbocycles. The molecule has 6 heteroatoms. The Kier molecular flexibility index (Phi) is 5.86. The van der Waals surface area contributed by atoms with Gasteiger partial charge in [0.15, 0.2) is 0 Å². The van der Waals surface area contributed by atoms with Crippen molar-refractivity contribution in [2.24, 2.45) is 0 Å². The molecule has 0 radical (unpaired) electrons. The van der Waals surface area contributed by atoms with E-state index in [0.29, 0.717) is 12.1 Å². The molecule has 1 N–H and O–H groups in total. The molecule has 0 aliphatic heterocycles. The average Bonchev–Trinajstić information content (AvgIpc) is 3.02. The molecule has 1 heterocycles. The fraction of sp³-hybridized carbons (Fsp3) is 0.286. The summed E-state index contributed by atoms with van der Waals surface area (Å²) < 4.78 is 7.13. The van der Waals surface area contributed by atoms with Crippen LogP contribution < -0.4 is 10.1 Å². The molecular formula is C21H24N4O2. The minimum atomic E-state index is -0.0707. The third-order valence-corrected chi connectivity index (χ3v) is 4.34. The van der Waals surface area contributed by atoms with Crippen LogP contribution in [0.15, 0.2) is 48.5 Å². The van der Waals surface area contributed by atoms with Gasteiger partial charge < -0.3 is 10.1 Å². The van der Waals surface area contributed by atoms with Crippen molar-refractivity contribution in [2.45, 2.75) is 26.8 Å². The summed E-state index contributed by atoms with van der Waals surface area (Å²) in [7, 11) is 1.65. The molecule has 1 aromatic heterocycles. The molecule has 3 aromatic rings. The monoisotopic (exact) mass is 364 g/mol. The molecule has 3 rings (SSSR count). The Labute approximate surface area is 159 Å². The Morgan fingerprint density at radius 1 is 1.11 bits per heavy atom. The topological polar surface area (TPSA) is 69.0 Å². The number of carbonyl (C=O) groups excluding carboxylic acids is 1. The highest BCUT2D eigenvalue weighted by molar-refractivity contribution is 5.94. The third-order valence-electron chi connectivity index (χ3n) is 4.34. The van der Waals surface area contributed by atoms with Crippen LogP contribution in [0.25, 0.3) is 11.1 Å². The van der Waals surface area contributed by atoms with Gasteiger partial charge >= 0.3 is 0 Å². The summed E-state index contributed by atoms with van der Waals surface area (Å²) in [4.78, 5) is 16.6. The molecule has 140 valence electrons. The number of nitrogens with zero attached hydrogens (tertiary/aromatic N) is 3. The van der Waals surface area contributed by atoms with Crippen LogP contribution >= 0.6 is 0 Å². The van der Waals surface area contributed by atoms with E-state index in [2.05, 4.69) is 15.4 Å². The molecule has 0 bridgehead atoms. The number of amides is 1. The van der Waals surface area contributed by atoms with Gasteiger partial charge in [-0.25, -0.2) is 4.98 Å². The van der Waals surface area contributed by atoms with Crippen LogP contribution in [0.4, 0.5) is 0 Å². The van der Waals surface area contributed by atoms with Crippen LogP contribution in [0.2, 0.25) is 0 Å². The lowest BCUT2D eigenvalue weighted by Crippen LogP contribution is -2.25. The first kappa shape index (κ1) is 18.6. The van der Waals surface area contributed by atoms with E-state index in [9.17, 15) is 4.79 Å². The molecule has 0 saturated carbocycles. The zero-order valence-electron chi connectivity index (χ0n) is 15.9. The number of hydrogen-bond acceptors (Lipinski definition) is 4. The van der Waals surface area contributed by atoms with E-state index in [1.807, 2.05) is 67.1 Å². The van der Waals surface area contributed by atoms with Gasteiger partial charge in [-0.05, 0) is 55.7 Å². The number of benzene rings is 2. The number of rotatable bonds is 7. The molecule has 0 fully saturated rings. The molecule has 6 nitrogen and oxygen atoms in total. The fourth-order valence-electron chi connectivity index (χ4n) is 2.92. The van der Waals surface area contributed by atoms with Gasteiger partial charge in [-0.1, -0.05) is 24.3 Å². The molecule has 0 unspecified atom stereocenters. The van der Waals surface area contributed by atoms with E-state index in [1.54, 1.807) is 7.11 Å². The highest BCUT2D eigenvalue weighted by Gasteiger charge is 2.07. The van der Waals surface area contributed by atoms with Crippen molar-refractivity contribution < 1.29 is 9.53 Å². The second-order valence-electron chi connectivity index (χ2n) is 6.35. The van der Waals surface area contributed by atoms with Crippen molar-refractivity contribution in [2.75, 3.05) is 13.7 Å². The molecule has 0 spiro atoms. The summed E-state index contributed by atoms with van der Waals surface area (Å²) in [6, 6.07) is 15.4. The third kappa shape index (κ3) is 4.73. The van der Waals surface area contributed by atoms with Crippen molar-refractivity contribution >= 4 is 5.91 Å². The summed E-state index contributed by atoms with van der Waals surface area (Å²) in [5.41, 5.74) is 2.75. The van der Waals surface area contributed by atoms with Gasteiger partial charge in [-0.2, -0.15) is 5.10 Å². The standard InChI is InChI=1S/C21H24N4O2/c1-15-23-16(2)25(24-15)13-5-12-22-21(26)18-10-8-17(9-11-18)19-6-4-7-20(14-19)27-3/h4,6-11,14H,5,12-13H2,1-3H3,(H,22,26). The maximum Gasteiger partial charge on any atom is 0.251 e. The van der Waals surface area contributed by atoms with Gasteiger partial charge in [0, 0.05) is 18.7 Å². The SMILES string of the molecule is COc1cccc(-c2ccc(C(=O)NCCCn3nc(C)nc3C)cc2)c1. The second-order valence-corrected chi connectivity index (χ2v) is 6.35. The fourth-order valence-corrected chi connectivity index (χ4v) is 2.92. The summed E-state index contributed by atoms with van der Waals surface area (Å²) >= 11 is 0. The second kappa shape index (κ2) is 8.49. The molecule has 0 aliphatic carbocycles. The van der Waals surface area contributed by atoms with Crippen LogP contribution in [0, 0.1) is 13.8 Å². The minimum absolute atomic E-state index is 0.0707. The van der Waals surface area contributed by atoms with Gasteiger partial charge in [0.25, 0.3) is 5.91 Å². The Balaban J connectivity index is 1.53. The van der Waals surface area contributed by atoms with Crippen molar-refractivity contribution in [1.82, 2.24) is 20.1 Å². The molecule has 0 aliphatic rings. The molecule has 0 saturated heterocycles. The Bertz CT molecular complexity index is 916. The summed E-state index contributed by atoms with van der Waals surface area (Å²) in [6.07, 6.45) is 0.803. The minimum Gasteiger partial charge on any atom is -0.497 e. The van der Waals surface area contributed by atoms with Crippen molar-refractivity contribution in [3.05, 3.63) is 65.7 Å². The van der Waals surface area contributed by atoms with Crippen molar-refractivity contribution in [3.8, 4) is 16.9 Å². The maximum absolute atomic E-state index is 12.3. The highest BCUT2D eigenvalue weighted by atomic mass is 16.5. The summed E-state index contributed by atoms with van der Waals surface area (Å²) in [5.74, 6) is 2.41. The molecule has 0 atom stereocenters. The highest BCUT2D eigenvalue weighted by Crippen LogP contribution is 2.24. The number of carbonyl (C=O) groups is 1. The van der Waals surface area contributed by atoms with E-state index in [-0.39, 0.29) is 5.91 Å². The van der Waals surface area contributed by atoms with Crippen LogP contribution in [0.3, 0.4) is 0 Å². The zero-order valence-corrected chi connectivity index (χ0v) is 15.9. The van der Waals surface area contributed by atoms with E-state index >= 15 is 0 Å². The van der Waals surface area contributed by atoms with Gasteiger partial charge in [0.05, 0.1) is 7.11 Å². The molecule has 1 amide bonds. The lowest BCUT2D eigenvalue weighted by atomic mass is 10.0. The van der Waals surface area contributed by atoms with Gasteiger partial charge in [-0.15, -0.1) is 0 Å². The Hall–Kier alpha value is -3.15. The number of aromatic nitrogens is 3. The van der Waals surface area contributed by atoms with E-state index in [4.69, 9.17) is 4.74 Å². The summed E-state index contributed by atoms with van der Waals surface area (Å²) in [5, 5.41) is 7.27. The smallest absolute Gasteiger partial charge is 0.251 e. The first-order valence-electron chi connectivity index (χ1n) is 8.97. The average molecular weight is 364 g/mol. The van der Waals surface area contributed by atoms with E-state index < -0.39 is 0 Å². The largest absolute Gasteiger partial charge is 0.497 e. The quantitative estimate of drug-likeness (QED) is 0.653. The number of methoxy groups -OCH3 is 1. The molecule has 27 heavy (non-hydrogen) atoms. The predicted molar refractivity (Wildman–Crippen MR) is 105 cm³/mol. The maximum atomic E-state index is 12.3. The van der Waals surface area contributed by atoms with Crippen LogP contribution in [-0.4, -0.2) is 34.3 Å². The van der Waals surface area contributed by atoms with Gasteiger partial charge in [-0.3, -0.25) is 9.48 Å². The number of aryl methyl sites for hydroxylation is 3. The predicted octanol–water partition coefficient (Wildman–Crippen LogP) is 3.39. The van der Waals surface area contributed by atoms with Gasteiger partial charge in [0.2, 0.25) is 0 Å². The van der Waals surface area contributed by atoms with Crippen molar-refractivity contribution in [1.29, 1.82) is 0 Å². The number of nitrogens with one attached hydrogen (secondary N) is 1. The van der Waals surface area contributed by atoms with Crippen LogP contribution in [0.5, 0.6) is 5.75 Å². The van der Waals surface area contributed by atoms with Crippen LogP contribution in [0.1, 0.15) is 28.4 Å². The summed E-state index contributed by atoms with van der Waals surface area (Å²) in [6.45, 7) is 5.14.